The van der Waals surface area contributed by atoms with E-state index in [9.17, 15) is 8.42 Å². The zero-order chi connectivity index (χ0) is 13.0. The van der Waals surface area contributed by atoms with Crippen LogP contribution < -0.4 is 5.73 Å². The van der Waals surface area contributed by atoms with Crippen molar-refractivity contribution in [3.05, 3.63) is 24.3 Å². The van der Waals surface area contributed by atoms with Gasteiger partial charge in [0.05, 0.1) is 23.9 Å². The van der Waals surface area contributed by atoms with Crippen molar-refractivity contribution in [2.75, 3.05) is 44.3 Å². The third-order valence-electron chi connectivity index (χ3n) is 3.02. The lowest BCUT2D eigenvalue weighted by molar-refractivity contribution is 0.0408. The van der Waals surface area contributed by atoms with Crippen LogP contribution in [-0.4, -0.2) is 51.9 Å². The molecule has 2 rings (SSSR count). The van der Waals surface area contributed by atoms with Gasteiger partial charge in [-0.25, -0.2) is 8.42 Å². The first-order chi connectivity index (χ1) is 8.58. The smallest absolute Gasteiger partial charge is 0.179 e. The largest absolute Gasteiger partial charge is 0.399 e. The molecule has 1 aliphatic heterocycles. The highest BCUT2D eigenvalue weighted by atomic mass is 32.2. The van der Waals surface area contributed by atoms with Crippen molar-refractivity contribution < 1.29 is 13.2 Å². The maximum Gasteiger partial charge on any atom is 0.179 e. The number of nitrogens with two attached hydrogens (primary N) is 1. The van der Waals surface area contributed by atoms with E-state index < -0.39 is 9.84 Å². The molecule has 0 aliphatic carbocycles. The molecule has 1 fully saturated rings. The second-order valence-electron chi connectivity index (χ2n) is 4.34. The SMILES string of the molecule is Nc1ccc(S(=O)(=O)CCN2CCOCC2)cc1. The van der Waals surface area contributed by atoms with Gasteiger partial charge >= 0.3 is 0 Å². The number of anilines is 1. The van der Waals surface area contributed by atoms with Crippen LogP contribution in [0.4, 0.5) is 5.69 Å². The molecule has 5 nitrogen and oxygen atoms in total. The van der Waals surface area contributed by atoms with Gasteiger partial charge < -0.3 is 10.5 Å². The van der Waals surface area contributed by atoms with E-state index in [1.165, 1.54) is 0 Å². The number of hydrogen-bond acceptors (Lipinski definition) is 5. The van der Waals surface area contributed by atoms with Crippen molar-refractivity contribution in [2.24, 2.45) is 0 Å². The molecule has 18 heavy (non-hydrogen) atoms. The summed E-state index contributed by atoms with van der Waals surface area (Å²) < 4.78 is 29.4. The number of nitrogen functional groups attached to an aromatic ring is 1. The Bertz CT molecular complexity index is 479. The van der Waals surface area contributed by atoms with E-state index in [1.54, 1.807) is 24.3 Å². The standard InChI is InChI=1S/C12H18N2O3S/c13-11-1-3-12(4-2-11)18(15,16)10-7-14-5-8-17-9-6-14/h1-4H,5-10,13H2. The Morgan fingerprint density at radius 3 is 2.39 bits per heavy atom. The third kappa shape index (κ3) is 3.44. The molecule has 0 radical (unpaired) electrons. The molecule has 1 aromatic rings. The number of ether oxygens (including phenoxy) is 1. The molecule has 0 spiro atoms. The van der Waals surface area contributed by atoms with E-state index in [1.807, 2.05) is 0 Å². The first kappa shape index (κ1) is 13.3. The molecule has 1 aliphatic rings. The maximum absolute atomic E-state index is 12.1. The zero-order valence-corrected chi connectivity index (χ0v) is 11.0. The Morgan fingerprint density at radius 2 is 1.78 bits per heavy atom. The van der Waals surface area contributed by atoms with Crippen molar-refractivity contribution in [2.45, 2.75) is 4.90 Å². The molecular weight excluding hydrogens is 252 g/mol. The fourth-order valence-corrected chi connectivity index (χ4v) is 3.15. The Kier molecular flexibility index (Phi) is 4.21. The lowest BCUT2D eigenvalue weighted by Crippen LogP contribution is -2.39. The van der Waals surface area contributed by atoms with Crippen LogP contribution >= 0.6 is 0 Å². The minimum Gasteiger partial charge on any atom is -0.399 e. The van der Waals surface area contributed by atoms with E-state index in [0.29, 0.717) is 30.3 Å². The van der Waals surface area contributed by atoms with Crippen molar-refractivity contribution in [1.29, 1.82) is 0 Å². The summed E-state index contributed by atoms with van der Waals surface area (Å²) in [5.41, 5.74) is 6.12. The fourth-order valence-electron chi connectivity index (χ4n) is 1.87. The number of hydrogen-bond donors (Lipinski definition) is 1. The average Bonchev–Trinajstić information content (AvgIpc) is 2.38. The van der Waals surface area contributed by atoms with Gasteiger partial charge in [-0.2, -0.15) is 0 Å². The molecule has 0 unspecified atom stereocenters. The van der Waals surface area contributed by atoms with Crippen LogP contribution in [-0.2, 0) is 14.6 Å². The quantitative estimate of drug-likeness (QED) is 0.801. The highest BCUT2D eigenvalue weighted by Gasteiger charge is 2.17. The van der Waals surface area contributed by atoms with E-state index in [2.05, 4.69) is 4.90 Å². The Balaban J connectivity index is 1.96. The first-order valence-corrected chi connectivity index (χ1v) is 7.61. The van der Waals surface area contributed by atoms with E-state index in [4.69, 9.17) is 10.5 Å². The molecule has 2 N–H and O–H groups in total. The van der Waals surface area contributed by atoms with Gasteiger partial charge in [0, 0.05) is 25.3 Å². The van der Waals surface area contributed by atoms with Gasteiger partial charge in [0.1, 0.15) is 0 Å². The first-order valence-electron chi connectivity index (χ1n) is 5.96. The van der Waals surface area contributed by atoms with Crippen molar-refractivity contribution in [3.8, 4) is 0 Å². The van der Waals surface area contributed by atoms with E-state index >= 15 is 0 Å². The Hall–Kier alpha value is -1.11. The van der Waals surface area contributed by atoms with Gasteiger partial charge in [-0.15, -0.1) is 0 Å². The minimum absolute atomic E-state index is 0.136. The summed E-state index contributed by atoms with van der Waals surface area (Å²) in [7, 11) is -3.21. The topological polar surface area (TPSA) is 72.6 Å². The minimum atomic E-state index is -3.21. The molecule has 1 heterocycles. The van der Waals surface area contributed by atoms with Crippen LogP contribution in [0.25, 0.3) is 0 Å². The number of nitrogens with zero attached hydrogens (tertiary/aromatic N) is 1. The number of rotatable bonds is 4. The van der Waals surface area contributed by atoms with Gasteiger partial charge in [0.2, 0.25) is 0 Å². The summed E-state index contributed by atoms with van der Waals surface area (Å²) in [6.45, 7) is 3.52. The van der Waals surface area contributed by atoms with Crippen LogP contribution in [0.2, 0.25) is 0 Å². The van der Waals surface area contributed by atoms with Crippen LogP contribution in [0.3, 0.4) is 0 Å². The molecular formula is C12H18N2O3S. The summed E-state index contributed by atoms with van der Waals surface area (Å²) in [6, 6.07) is 6.34. The van der Waals surface area contributed by atoms with E-state index in [0.717, 1.165) is 13.1 Å². The molecule has 0 aromatic heterocycles. The lowest BCUT2D eigenvalue weighted by atomic mass is 10.3. The van der Waals surface area contributed by atoms with Crippen LogP contribution in [0.5, 0.6) is 0 Å². The van der Waals surface area contributed by atoms with Gasteiger partial charge in [-0.1, -0.05) is 0 Å². The molecule has 0 bridgehead atoms. The van der Waals surface area contributed by atoms with E-state index in [-0.39, 0.29) is 5.75 Å². The van der Waals surface area contributed by atoms with Crippen molar-refractivity contribution >= 4 is 15.5 Å². The predicted octanol–water partition coefficient (Wildman–Crippen LogP) is 0.375. The normalized spacial score (nSPS) is 17.8. The highest BCUT2D eigenvalue weighted by Crippen LogP contribution is 2.13. The Labute approximate surface area is 107 Å². The van der Waals surface area contributed by atoms with Crippen molar-refractivity contribution in [3.63, 3.8) is 0 Å². The number of sulfone groups is 1. The molecule has 6 heteroatoms. The number of morpholine rings is 1. The van der Waals surface area contributed by atoms with Gasteiger partial charge in [0.15, 0.2) is 9.84 Å². The third-order valence-corrected chi connectivity index (χ3v) is 4.73. The second kappa shape index (κ2) is 5.69. The highest BCUT2D eigenvalue weighted by molar-refractivity contribution is 7.91. The maximum atomic E-state index is 12.1. The van der Waals surface area contributed by atoms with Crippen LogP contribution in [0, 0.1) is 0 Å². The lowest BCUT2D eigenvalue weighted by Gasteiger charge is -2.26. The average molecular weight is 270 g/mol. The summed E-state index contributed by atoms with van der Waals surface area (Å²) >= 11 is 0. The zero-order valence-electron chi connectivity index (χ0n) is 10.2. The molecule has 1 aromatic carbocycles. The molecule has 0 saturated carbocycles. The predicted molar refractivity (Wildman–Crippen MR) is 70.2 cm³/mol. The fraction of sp³-hybridized carbons (Fsp3) is 0.500. The van der Waals surface area contributed by atoms with Crippen molar-refractivity contribution in [1.82, 2.24) is 4.90 Å². The summed E-state index contributed by atoms with van der Waals surface area (Å²) in [4.78, 5) is 2.45. The molecule has 0 atom stereocenters. The van der Waals surface area contributed by atoms with Gasteiger partial charge in [0.25, 0.3) is 0 Å². The Morgan fingerprint density at radius 1 is 1.17 bits per heavy atom. The summed E-state index contributed by atoms with van der Waals surface area (Å²) in [5.74, 6) is 0.136. The van der Waals surface area contributed by atoms with Gasteiger partial charge in [-0.05, 0) is 24.3 Å². The molecule has 100 valence electrons. The van der Waals surface area contributed by atoms with Crippen LogP contribution in [0.15, 0.2) is 29.2 Å². The molecule has 1 saturated heterocycles. The number of benzene rings is 1. The summed E-state index contributed by atoms with van der Waals surface area (Å²) in [6.07, 6.45) is 0. The van der Waals surface area contributed by atoms with Gasteiger partial charge in [-0.3, -0.25) is 4.90 Å². The van der Waals surface area contributed by atoms with Crippen LogP contribution in [0.1, 0.15) is 0 Å². The summed E-state index contributed by atoms with van der Waals surface area (Å²) in [5, 5.41) is 0. The second-order valence-corrected chi connectivity index (χ2v) is 6.45. The monoisotopic (exact) mass is 270 g/mol. The molecule has 0 amide bonds.